The summed E-state index contributed by atoms with van der Waals surface area (Å²) in [5.74, 6) is 1.78. The Morgan fingerprint density at radius 2 is 1.65 bits per heavy atom. The van der Waals surface area contributed by atoms with Crippen molar-refractivity contribution in [2.24, 2.45) is 0 Å². The van der Waals surface area contributed by atoms with Crippen molar-refractivity contribution >= 4 is 27.4 Å². The summed E-state index contributed by atoms with van der Waals surface area (Å²) in [7, 11) is 0. The van der Waals surface area contributed by atoms with Crippen LogP contribution >= 0.6 is 11.3 Å². The number of benzene rings is 2. The van der Waals surface area contributed by atoms with Crippen molar-refractivity contribution < 1.29 is 4.74 Å². The van der Waals surface area contributed by atoms with Gasteiger partial charge in [0.1, 0.15) is 5.75 Å². The van der Waals surface area contributed by atoms with Gasteiger partial charge in [-0.3, -0.25) is 4.90 Å². The van der Waals surface area contributed by atoms with Crippen LogP contribution in [-0.4, -0.2) is 54.2 Å². The molecular formula is C25H26N4OS. The van der Waals surface area contributed by atoms with Crippen LogP contribution in [0.4, 0.5) is 5.95 Å². The molecule has 1 aliphatic rings. The molecule has 4 aromatic rings. The highest BCUT2D eigenvalue weighted by Crippen LogP contribution is 2.34. The van der Waals surface area contributed by atoms with Gasteiger partial charge in [-0.1, -0.05) is 30.3 Å². The Balaban J connectivity index is 1.07. The van der Waals surface area contributed by atoms with E-state index in [-0.39, 0.29) is 0 Å². The molecule has 0 spiro atoms. The number of nitrogens with zero attached hydrogens (tertiary/aromatic N) is 4. The number of hydrogen-bond acceptors (Lipinski definition) is 6. The molecule has 0 aliphatic carbocycles. The number of thiophene rings is 1. The Labute approximate surface area is 186 Å². The second-order valence-corrected chi connectivity index (χ2v) is 8.66. The molecule has 2 aromatic heterocycles. The molecule has 6 heteroatoms. The summed E-state index contributed by atoms with van der Waals surface area (Å²) < 4.78 is 7.32. The fourth-order valence-corrected chi connectivity index (χ4v) is 5.01. The van der Waals surface area contributed by atoms with E-state index in [1.807, 2.05) is 6.07 Å². The van der Waals surface area contributed by atoms with E-state index in [0.717, 1.165) is 57.4 Å². The molecule has 1 aliphatic heterocycles. The number of aromatic nitrogens is 2. The molecule has 0 radical (unpaired) electrons. The van der Waals surface area contributed by atoms with Crippen molar-refractivity contribution in [3.8, 4) is 16.9 Å². The van der Waals surface area contributed by atoms with E-state index in [0.29, 0.717) is 0 Å². The van der Waals surface area contributed by atoms with Crippen molar-refractivity contribution in [2.75, 3.05) is 44.2 Å². The highest BCUT2D eigenvalue weighted by Gasteiger charge is 2.18. The van der Waals surface area contributed by atoms with Crippen LogP contribution in [0.5, 0.6) is 5.75 Å². The fraction of sp³-hybridized carbons (Fsp3) is 0.280. The third-order valence-corrected chi connectivity index (χ3v) is 6.70. The molecule has 0 bridgehead atoms. The highest BCUT2D eigenvalue weighted by atomic mass is 32.1. The lowest BCUT2D eigenvalue weighted by molar-refractivity contribution is 0.224. The first kappa shape index (κ1) is 20.0. The Hall–Kier alpha value is -2.96. The van der Waals surface area contributed by atoms with Gasteiger partial charge in [-0.2, -0.15) is 0 Å². The summed E-state index contributed by atoms with van der Waals surface area (Å²) in [4.78, 5) is 13.4. The first-order valence-electron chi connectivity index (χ1n) is 10.8. The molecule has 0 N–H and O–H groups in total. The van der Waals surface area contributed by atoms with Gasteiger partial charge in [0, 0.05) is 60.8 Å². The minimum absolute atomic E-state index is 0.739. The van der Waals surface area contributed by atoms with Crippen molar-refractivity contribution in [2.45, 2.75) is 6.42 Å². The van der Waals surface area contributed by atoms with Crippen LogP contribution in [0.1, 0.15) is 6.42 Å². The number of hydrogen-bond donors (Lipinski definition) is 0. The summed E-state index contributed by atoms with van der Waals surface area (Å²) >= 11 is 1.80. The Bertz CT molecular complexity index is 1110. The molecule has 0 amide bonds. The lowest BCUT2D eigenvalue weighted by Crippen LogP contribution is -2.47. The van der Waals surface area contributed by atoms with E-state index in [9.17, 15) is 0 Å². The normalized spacial score (nSPS) is 14.8. The van der Waals surface area contributed by atoms with Gasteiger partial charge in [0.2, 0.25) is 5.95 Å². The SMILES string of the molecule is c1cnc(N2CCN(CCCOc3ccc(-c4csc5ccccc45)cc3)CC2)nc1. The van der Waals surface area contributed by atoms with Crippen LogP contribution in [0.3, 0.4) is 0 Å². The smallest absolute Gasteiger partial charge is 0.225 e. The van der Waals surface area contributed by atoms with Gasteiger partial charge < -0.3 is 9.64 Å². The zero-order chi connectivity index (χ0) is 20.9. The standard InChI is InChI=1S/C25H26N4OS/c1-2-6-24-22(5-1)23(19-31-24)20-7-9-21(10-8-20)30-18-4-13-28-14-16-29(17-15-28)25-26-11-3-12-27-25/h1-3,5-12,19H,4,13-18H2. The fourth-order valence-electron chi connectivity index (χ4n) is 4.04. The predicted octanol–water partition coefficient (Wildman–Crippen LogP) is 4.95. The maximum Gasteiger partial charge on any atom is 0.225 e. The van der Waals surface area contributed by atoms with Gasteiger partial charge in [0.05, 0.1) is 6.61 Å². The van der Waals surface area contributed by atoms with Crippen LogP contribution in [0.15, 0.2) is 72.4 Å². The van der Waals surface area contributed by atoms with Crippen LogP contribution in [-0.2, 0) is 0 Å². The molecule has 0 atom stereocenters. The summed E-state index contributed by atoms with van der Waals surface area (Å²) in [6.07, 6.45) is 4.64. The Kier molecular flexibility index (Phi) is 6.09. The first-order chi connectivity index (χ1) is 15.4. The van der Waals surface area contributed by atoms with Gasteiger partial charge in [-0.25, -0.2) is 9.97 Å². The van der Waals surface area contributed by atoms with Gasteiger partial charge in [0.25, 0.3) is 0 Å². The maximum absolute atomic E-state index is 5.99. The number of piperazine rings is 1. The average Bonchev–Trinajstić information content (AvgIpc) is 3.27. The van der Waals surface area contributed by atoms with Gasteiger partial charge in [0.15, 0.2) is 0 Å². The summed E-state index contributed by atoms with van der Waals surface area (Å²) in [5, 5.41) is 3.56. The molecule has 158 valence electrons. The van der Waals surface area contributed by atoms with E-state index < -0.39 is 0 Å². The third-order valence-electron chi connectivity index (χ3n) is 5.74. The van der Waals surface area contributed by atoms with Crippen molar-refractivity contribution in [3.05, 3.63) is 72.4 Å². The predicted molar refractivity (Wildman–Crippen MR) is 128 cm³/mol. The maximum atomic E-state index is 5.99. The van der Waals surface area contributed by atoms with Crippen molar-refractivity contribution in [1.29, 1.82) is 0 Å². The summed E-state index contributed by atoms with van der Waals surface area (Å²) in [6, 6.07) is 18.9. The molecule has 0 saturated carbocycles. The molecule has 3 heterocycles. The molecule has 5 nitrogen and oxygen atoms in total. The summed E-state index contributed by atoms with van der Waals surface area (Å²) in [6.45, 7) is 5.83. The first-order valence-corrected chi connectivity index (χ1v) is 11.7. The topological polar surface area (TPSA) is 41.5 Å². The summed E-state index contributed by atoms with van der Waals surface area (Å²) in [5.41, 5.74) is 2.54. The molecule has 1 fully saturated rings. The second-order valence-electron chi connectivity index (χ2n) is 7.75. The number of ether oxygens (including phenoxy) is 1. The average molecular weight is 431 g/mol. The van der Waals surface area contributed by atoms with Crippen molar-refractivity contribution in [3.63, 3.8) is 0 Å². The van der Waals surface area contributed by atoms with Gasteiger partial charge in [-0.05, 0) is 41.6 Å². The minimum atomic E-state index is 0.739. The van der Waals surface area contributed by atoms with Crippen LogP contribution in [0, 0.1) is 0 Å². The number of anilines is 1. The minimum Gasteiger partial charge on any atom is -0.494 e. The molecule has 5 rings (SSSR count). The lowest BCUT2D eigenvalue weighted by Gasteiger charge is -2.34. The second kappa shape index (κ2) is 9.45. The van der Waals surface area contributed by atoms with Crippen LogP contribution < -0.4 is 9.64 Å². The third kappa shape index (κ3) is 4.70. The quantitative estimate of drug-likeness (QED) is 0.388. The monoisotopic (exact) mass is 430 g/mol. The van der Waals surface area contributed by atoms with Gasteiger partial charge >= 0.3 is 0 Å². The van der Waals surface area contributed by atoms with E-state index in [4.69, 9.17) is 4.74 Å². The molecule has 0 unspecified atom stereocenters. The Morgan fingerprint density at radius 3 is 2.45 bits per heavy atom. The number of rotatable bonds is 7. The van der Waals surface area contributed by atoms with E-state index in [1.54, 1.807) is 23.7 Å². The van der Waals surface area contributed by atoms with Crippen LogP contribution in [0.2, 0.25) is 0 Å². The zero-order valence-electron chi connectivity index (χ0n) is 17.5. The van der Waals surface area contributed by atoms with E-state index in [1.165, 1.54) is 21.2 Å². The van der Waals surface area contributed by atoms with Crippen molar-refractivity contribution in [1.82, 2.24) is 14.9 Å². The Morgan fingerprint density at radius 1 is 0.871 bits per heavy atom. The van der Waals surface area contributed by atoms with Crippen LogP contribution in [0.25, 0.3) is 21.2 Å². The molecular weight excluding hydrogens is 404 g/mol. The molecule has 1 saturated heterocycles. The zero-order valence-corrected chi connectivity index (χ0v) is 18.3. The van der Waals surface area contributed by atoms with Gasteiger partial charge in [-0.15, -0.1) is 11.3 Å². The number of fused-ring (bicyclic) bond motifs is 1. The largest absolute Gasteiger partial charge is 0.494 e. The lowest BCUT2D eigenvalue weighted by atomic mass is 10.0. The molecule has 2 aromatic carbocycles. The van der Waals surface area contributed by atoms with E-state index in [2.05, 4.69) is 73.7 Å². The van der Waals surface area contributed by atoms with E-state index >= 15 is 0 Å². The molecule has 31 heavy (non-hydrogen) atoms. The highest BCUT2D eigenvalue weighted by molar-refractivity contribution is 7.17.